The van der Waals surface area contributed by atoms with Gasteiger partial charge in [0, 0.05) is 22.6 Å². The molecule has 2 N–H and O–H groups in total. The zero-order chi connectivity index (χ0) is 24.6. The summed E-state index contributed by atoms with van der Waals surface area (Å²) in [7, 11) is 1.92. The number of aliphatic carboxylic acids is 2. The molecule has 0 saturated heterocycles. The molecule has 0 spiro atoms. The van der Waals surface area contributed by atoms with Crippen LogP contribution in [0.25, 0.3) is 0 Å². The Labute approximate surface area is 200 Å². The van der Waals surface area contributed by atoms with E-state index in [-0.39, 0.29) is 33.8 Å². The zero-order valence-corrected chi connectivity index (χ0v) is 19.0. The number of carboxylic acids is 2. The van der Waals surface area contributed by atoms with Gasteiger partial charge in [-0.3, -0.25) is 28.9 Å². The van der Waals surface area contributed by atoms with E-state index in [1.165, 1.54) is 24.3 Å². The minimum absolute atomic E-state index is 0.125. The number of hydrogen-bond donors (Lipinski definition) is 2. The number of imide groups is 1. The summed E-state index contributed by atoms with van der Waals surface area (Å²) < 4.78 is 0. The normalized spacial score (nSPS) is 17.0. The molecular weight excluding hydrogens is 482 g/mol. The Bertz CT molecular complexity index is 1080. The van der Waals surface area contributed by atoms with E-state index in [0.717, 1.165) is 21.6 Å². The van der Waals surface area contributed by atoms with Gasteiger partial charge in [0.25, 0.3) is 11.8 Å². The summed E-state index contributed by atoms with van der Waals surface area (Å²) >= 11 is 0. The Morgan fingerprint density at radius 3 is 1.62 bits per heavy atom. The van der Waals surface area contributed by atoms with Crippen molar-refractivity contribution in [3.8, 4) is 0 Å². The lowest BCUT2D eigenvalue weighted by molar-refractivity contribution is -0.142. The standard InChI is InChI=1S/C23H17NO8S2/c25-18-11-5-1-2-6-12(11)19(26)17(18)15(22(29)30)9-33-34-10-16(23(31)32)24-20(27)13-7-3-4-8-14(13)21(24)28/h1-8,15-17H,9-10H2,(H,29,30)(H,31,32). The van der Waals surface area contributed by atoms with Crippen LogP contribution in [0.4, 0.5) is 0 Å². The fourth-order valence-electron chi connectivity index (χ4n) is 4.02. The van der Waals surface area contributed by atoms with Crippen LogP contribution in [0, 0.1) is 11.8 Å². The van der Waals surface area contributed by atoms with Gasteiger partial charge in [0.2, 0.25) is 0 Å². The Hall–Kier alpha value is -3.44. The molecule has 2 aromatic carbocycles. The molecule has 34 heavy (non-hydrogen) atoms. The van der Waals surface area contributed by atoms with E-state index in [0.29, 0.717) is 4.90 Å². The molecule has 1 aliphatic heterocycles. The monoisotopic (exact) mass is 499 g/mol. The lowest BCUT2D eigenvalue weighted by Gasteiger charge is -2.22. The predicted molar refractivity (Wildman–Crippen MR) is 123 cm³/mol. The SMILES string of the molecule is O=C(O)C(CSSCC(C(=O)O)N1C(=O)c2ccccc2C1=O)C1C(=O)c2ccccc2C1=O. The number of benzene rings is 2. The maximum Gasteiger partial charge on any atom is 0.327 e. The van der Waals surface area contributed by atoms with Crippen molar-refractivity contribution in [3.63, 3.8) is 0 Å². The van der Waals surface area contributed by atoms with Gasteiger partial charge in [0.05, 0.1) is 23.0 Å². The highest BCUT2D eigenvalue weighted by Gasteiger charge is 2.46. The number of ketones is 2. The minimum atomic E-state index is -1.47. The van der Waals surface area contributed by atoms with E-state index in [2.05, 4.69) is 0 Å². The van der Waals surface area contributed by atoms with Gasteiger partial charge in [0.1, 0.15) is 6.04 Å². The van der Waals surface area contributed by atoms with Crippen LogP contribution >= 0.6 is 21.6 Å². The summed E-state index contributed by atoms with van der Waals surface area (Å²) in [6, 6.07) is 10.7. The minimum Gasteiger partial charge on any atom is -0.481 e. The Balaban J connectivity index is 1.42. The summed E-state index contributed by atoms with van der Waals surface area (Å²) in [6.45, 7) is 0. The fourth-order valence-corrected chi connectivity index (χ4v) is 6.52. The van der Waals surface area contributed by atoms with Crippen LogP contribution in [0.15, 0.2) is 48.5 Å². The molecule has 0 bridgehead atoms. The maximum absolute atomic E-state index is 12.7. The molecule has 11 heteroatoms. The van der Waals surface area contributed by atoms with Crippen molar-refractivity contribution in [3.05, 3.63) is 70.8 Å². The van der Waals surface area contributed by atoms with Crippen molar-refractivity contribution < 1.29 is 39.0 Å². The van der Waals surface area contributed by atoms with Gasteiger partial charge in [-0.2, -0.15) is 0 Å². The summed E-state index contributed by atoms with van der Waals surface area (Å²) in [5.74, 6) is -8.22. The van der Waals surface area contributed by atoms with Crippen LogP contribution in [-0.2, 0) is 9.59 Å². The third-order valence-corrected chi connectivity index (χ3v) is 8.15. The Morgan fingerprint density at radius 2 is 1.18 bits per heavy atom. The third-order valence-electron chi connectivity index (χ3n) is 5.72. The van der Waals surface area contributed by atoms with Gasteiger partial charge >= 0.3 is 11.9 Å². The van der Waals surface area contributed by atoms with Crippen molar-refractivity contribution in [2.75, 3.05) is 11.5 Å². The number of hydrogen-bond acceptors (Lipinski definition) is 8. The van der Waals surface area contributed by atoms with E-state index in [1.54, 1.807) is 24.3 Å². The predicted octanol–water partition coefficient (Wildman–Crippen LogP) is 2.51. The highest BCUT2D eigenvalue weighted by Crippen LogP contribution is 2.36. The summed E-state index contributed by atoms with van der Waals surface area (Å²) in [5.41, 5.74) is 0.635. The summed E-state index contributed by atoms with van der Waals surface area (Å²) in [4.78, 5) is 75.0. The Morgan fingerprint density at radius 1 is 0.735 bits per heavy atom. The van der Waals surface area contributed by atoms with Crippen LogP contribution in [-0.4, -0.2) is 68.0 Å². The van der Waals surface area contributed by atoms with Gasteiger partial charge in [0.15, 0.2) is 11.6 Å². The van der Waals surface area contributed by atoms with Crippen LogP contribution in [0.1, 0.15) is 41.4 Å². The van der Waals surface area contributed by atoms with Gasteiger partial charge < -0.3 is 10.2 Å². The molecule has 0 radical (unpaired) electrons. The van der Waals surface area contributed by atoms with Crippen molar-refractivity contribution in [1.82, 2.24) is 4.90 Å². The van der Waals surface area contributed by atoms with Gasteiger partial charge in [-0.25, -0.2) is 4.79 Å². The molecule has 0 saturated carbocycles. The van der Waals surface area contributed by atoms with Crippen molar-refractivity contribution in [2.45, 2.75) is 6.04 Å². The van der Waals surface area contributed by atoms with Crippen LogP contribution in [0.3, 0.4) is 0 Å². The van der Waals surface area contributed by atoms with Gasteiger partial charge in [-0.1, -0.05) is 58.0 Å². The first-order valence-corrected chi connectivity index (χ1v) is 12.6. The number of fused-ring (bicyclic) bond motifs is 2. The van der Waals surface area contributed by atoms with E-state index in [4.69, 9.17) is 0 Å². The summed E-state index contributed by atoms with van der Waals surface area (Å²) in [5, 5.41) is 19.3. The zero-order valence-electron chi connectivity index (χ0n) is 17.4. The molecule has 0 fully saturated rings. The molecule has 0 aromatic heterocycles. The molecule has 2 unspecified atom stereocenters. The second kappa shape index (κ2) is 9.43. The highest BCUT2D eigenvalue weighted by molar-refractivity contribution is 8.76. The molecule has 2 atom stereocenters. The van der Waals surface area contributed by atoms with Crippen molar-refractivity contribution in [2.24, 2.45) is 11.8 Å². The van der Waals surface area contributed by atoms with Crippen LogP contribution < -0.4 is 0 Å². The average molecular weight is 500 g/mol. The molecule has 2 amide bonds. The van der Waals surface area contributed by atoms with Crippen molar-refractivity contribution in [1.29, 1.82) is 0 Å². The second-order valence-corrected chi connectivity index (χ2v) is 10.2. The lowest BCUT2D eigenvalue weighted by Crippen LogP contribution is -2.46. The molecule has 9 nitrogen and oxygen atoms in total. The first-order valence-electron chi connectivity index (χ1n) is 10.1. The summed E-state index contributed by atoms with van der Waals surface area (Å²) in [6.07, 6.45) is 0. The van der Waals surface area contributed by atoms with Crippen molar-refractivity contribution >= 4 is 56.9 Å². The van der Waals surface area contributed by atoms with E-state index in [1.807, 2.05) is 0 Å². The molecule has 1 aliphatic carbocycles. The third kappa shape index (κ3) is 4.01. The Kier molecular flexibility index (Phi) is 6.58. The highest BCUT2D eigenvalue weighted by atomic mass is 33.1. The van der Waals surface area contributed by atoms with E-state index >= 15 is 0 Å². The molecule has 174 valence electrons. The number of carboxylic acid groups (broad SMARTS) is 2. The first-order chi connectivity index (χ1) is 16.2. The molecule has 4 rings (SSSR count). The lowest BCUT2D eigenvalue weighted by atomic mass is 9.89. The van der Waals surface area contributed by atoms with Gasteiger partial charge in [-0.05, 0) is 12.1 Å². The van der Waals surface area contributed by atoms with Crippen LogP contribution in [0.2, 0.25) is 0 Å². The molecule has 1 heterocycles. The maximum atomic E-state index is 12.7. The number of rotatable bonds is 9. The number of nitrogens with zero attached hydrogens (tertiary/aromatic N) is 1. The average Bonchev–Trinajstić information content (AvgIpc) is 3.21. The van der Waals surface area contributed by atoms with E-state index < -0.39 is 53.2 Å². The molecule has 2 aromatic rings. The smallest absolute Gasteiger partial charge is 0.327 e. The number of carbonyl (C=O) groups is 6. The second-order valence-electron chi connectivity index (χ2n) is 7.65. The number of carbonyl (C=O) groups excluding carboxylic acids is 4. The van der Waals surface area contributed by atoms with Crippen LogP contribution in [0.5, 0.6) is 0 Å². The van der Waals surface area contributed by atoms with E-state index in [9.17, 15) is 39.0 Å². The first kappa shape index (κ1) is 23.7. The molecule has 2 aliphatic rings. The largest absolute Gasteiger partial charge is 0.481 e. The van der Waals surface area contributed by atoms with Gasteiger partial charge in [-0.15, -0.1) is 0 Å². The fraction of sp³-hybridized carbons (Fsp3) is 0.217. The quantitative estimate of drug-likeness (QED) is 0.228. The number of amides is 2. The topological polar surface area (TPSA) is 146 Å². The number of Topliss-reactive ketones (excluding diaryl/α,β-unsaturated/α-hetero) is 2. The molecular formula is C23H17NO8S2.